The van der Waals surface area contributed by atoms with Crippen LogP contribution >= 0.6 is 0 Å². The molecule has 1 heteroatoms. The molecular formula is C11H23N. The van der Waals surface area contributed by atoms with Gasteiger partial charge in [0.25, 0.3) is 0 Å². The van der Waals surface area contributed by atoms with E-state index in [1.807, 2.05) is 0 Å². The van der Waals surface area contributed by atoms with Crippen LogP contribution in [0.5, 0.6) is 0 Å². The van der Waals surface area contributed by atoms with Gasteiger partial charge in [-0.25, -0.2) is 0 Å². The van der Waals surface area contributed by atoms with Crippen molar-refractivity contribution in [2.24, 2.45) is 11.8 Å². The second-order valence-electron chi connectivity index (χ2n) is 4.50. The molecule has 1 heterocycles. The van der Waals surface area contributed by atoms with Crippen molar-refractivity contribution in [1.29, 1.82) is 0 Å². The van der Waals surface area contributed by atoms with E-state index >= 15 is 0 Å². The summed E-state index contributed by atoms with van der Waals surface area (Å²) < 4.78 is 0. The van der Waals surface area contributed by atoms with Gasteiger partial charge in [-0.05, 0) is 44.6 Å². The molecule has 0 aromatic rings. The van der Waals surface area contributed by atoms with Crippen molar-refractivity contribution >= 4 is 0 Å². The van der Waals surface area contributed by atoms with Crippen LogP contribution in [0.2, 0.25) is 0 Å². The molecule has 3 atom stereocenters. The Kier molecular flexibility index (Phi) is 4.07. The molecule has 0 aliphatic carbocycles. The molecule has 1 fully saturated rings. The maximum atomic E-state index is 3.56. The highest BCUT2D eigenvalue weighted by Crippen LogP contribution is 2.22. The van der Waals surface area contributed by atoms with Crippen LogP contribution in [0, 0.1) is 11.8 Å². The van der Waals surface area contributed by atoms with Gasteiger partial charge in [0.2, 0.25) is 0 Å². The maximum absolute atomic E-state index is 3.56. The summed E-state index contributed by atoms with van der Waals surface area (Å²) in [5, 5.41) is 3.56. The van der Waals surface area contributed by atoms with Crippen molar-refractivity contribution in [2.45, 2.75) is 52.5 Å². The topological polar surface area (TPSA) is 12.0 Å². The first-order valence-electron chi connectivity index (χ1n) is 5.45. The highest BCUT2D eigenvalue weighted by molar-refractivity contribution is 4.75. The minimum atomic E-state index is 0.762. The van der Waals surface area contributed by atoms with E-state index in [4.69, 9.17) is 0 Å². The minimum Gasteiger partial charge on any atom is -0.314 e. The molecule has 1 aliphatic heterocycles. The summed E-state index contributed by atoms with van der Waals surface area (Å²) in [7, 11) is 0. The molecule has 1 saturated heterocycles. The third-order valence-electron chi connectivity index (χ3n) is 3.20. The standard InChI is InChI=1S/C11H23N/c1-4-9(2)7-11-6-5-10(3)12-8-11/h9-12H,4-8H2,1-3H3. The summed E-state index contributed by atoms with van der Waals surface area (Å²) in [5.41, 5.74) is 0. The number of hydrogen-bond acceptors (Lipinski definition) is 1. The molecule has 12 heavy (non-hydrogen) atoms. The Hall–Kier alpha value is -0.0400. The Balaban J connectivity index is 2.17. The Bertz CT molecular complexity index is 114. The van der Waals surface area contributed by atoms with Gasteiger partial charge < -0.3 is 5.32 Å². The van der Waals surface area contributed by atoms with E-state index in [0.29, 0.717) is 0 Å². The Morgan fingerprint density at radius 2 is 2.17 bits per heavy atom. The number of hydrogen-bond donors (Lipinski definition) is 1. The molecule has 0 aromatic carbocycles. The molecule has 0 radical (unpaired) electrons. The fraction of sp³-hybridized carbons (Fsp3) is 1.00. The van der Waals surface area contributed by atoms with Gasteiger partial charge in [-0.15, -0.1) is 0 Å². The Morgan fingerprint density at radius 3 is 2.67 bits per heavy atom. The monoisotopic (exact) mass is 169 g/mol. The van der Waals surface area contributed by atoms with Gasteiger partial charge in [0.15, 0.2) is 0 Å². The van der Waals surface area contributed by atoms with Gasteiger partial charge >= 0.3 is 0 Å². The van der Waals surface area contributed by atoms with Crippen LogP contribution in [0.4, 0.5) is 0 Å². The van der Waals surface area contributed by atoms with Crippen molar-refractivity contribution in [3.8, 4) is 0 Å². The van der Waals surface area contributed by atoms with Crippen molar-refractivity contribution in [1.82, 2.24) is 5.32 Å². The van der Waals surface area contributed by atoms with Crippen LogP contribution in [-0.2, 0) is 0 Å². The number of piperidine rings is 1. The lowest BCUT2D eigenvalue weighted by molar-refractivity contribution is 0.275. The van der Waals surface area contributed by atoms with E-state index in [9.17, 15) is 0 Å². The van der Waals surface area contributed by atoms with Crippen LogP contribution < -0.4 is 5.32 Å². The molecule has 1 N–H and O–H groups in total. The molecule has 0 spiro atoms. The molecule has 0 amide bonds. The molecule has 0 aromatic heterocycles. The largest absolute Gasteiger partial charge is 0.314 e. The lowest BCUT2D eigenvalue weighted by Crippen LogP contribution is -2.37. The van der Waals surface area contributed by atoms with Crippen LogP contribution in [0.15, 0.2) is 0 Å². The number of nitrogens with one attached hydrogen (secondary N) is 1. The summed E-state index contributed by atoms with van der Waals surface area (Å²) in [5.74, 6) is 1.88. The van der Waals surface area contributed by atoms with Crippen molar-refractivity contribution in [3.05, 3.63) is 0 Å². The van der Waals surface area contributed by atoms with Crippen molar-refractivity contribution < 1.29 is 0 Å². The third kappa shape index (κ3) is 3.14. The summed E-state index contributed by atoms with van der Waals surface area (Å²) >= 11 is 0. The molecule has 0 saturated carbocycles. The molecule has 1 rings (SSSR count). The van der Waals surface area contributed by atoms with Crippen molar-refractivity contribution in [3.63, 3.8) is 0 Å². The van der Waals surface area contributed by atoms with E-state index < -0.39 is 0 Å². The van der Waals surface area contributed by atoms with Gasteiger partial charge in [-0.1, -0.05) is 20.3 Å². The van der Waals surface area contributed by atoms with Gasteiger partial charge in [-0.3, -0.25) is 0 Å². The van der Waals surface area contributed by atoms with Gasteiger partial charge in [0, 0.05) is 6.04 Å². The zero-order valence-electron chi connectivity index (χ0n) is 8.77. The fourth-order valence-corrected chi connectivity index (χ4v) is 1.99. The number of rotatable bonds is 3. The lowest BCUT2D eigenvalue weighted by Gasteiger charge is -2.29. The maximum Gasteiger partial charge on any atom is 0.00389 e. The molecule has 1 nitrogen and oxygen atoms in total. The van der Waals surface area contributed by atoms with Gasteiger partial charge in [0.05, 0.1) is 0 Å². The summed E-state index contributed by atoms with van der Waals surface area (Å²) in [6, 6.07) is 0.762. The Labute approximate surface area is 76.9 Å². The SMILES string of the molecule is CCC(C)CC1CCC(C)NC1. The van der Waals surface area contributed by atoms with E-state index in [1.165, 1.54) is 32.2 Å². The third-order valence-corrected chi connectivity index (χ3v) is 3.20. The average Bonchev–Trinajstić information content (AvgIpc) is 2.09. The summed E-state index contributed by atoms with van der Waals surface area (Å²) in [6.45, 7) is 8.21. The molecular weight excluding hydrogens is 146 g/mol. The first kappa shape index (κ1) is 10.0. The molecule has 1 aliphatic rings. The van der Waals surface area contributed by atoms with E-state index in [1.54, 1.807) is 0 Å². The van der Waals surface area contributed by atoms with Crippen molar-refractivity contribution in [2.75, 3.05) is 6.54 Å². The second kappa shape index (κ2) is 4.86. The second-order valence-corrected chi connectivity index (χ2v) is 4.50. The zero-order chi connectivity index (χ0) is 8.97. The molecule has 3 unspecified atom stereocenters. The average molecular weight is 169 g/mol. The predicted octanol–water partition coefficient (Wildman–Crippen LogP) is 2.81. The summed E-state index contributed by atoms with van der Waals surface area (Å²) in [6.07, 6.45) is 5.59. The minimum absolute atomic E-state index is 0.762. The first-order chi connectivity index (χ1) is 5.72. The van der Waals surface area contributed by atoms with Gasteiger partial charge in [-0.2, -0.15) is 0 Å². The van der Waals surface area contributed by atoms with E-state index in [2.05, 4.69) is 26.1 Å². The highest BCUT2D eigenvalue weighted by atomic mass is 14.9. The zero-order valence-corrected chi connectivity index (χ0v) is 8.77. The van der Waals surface area contributed by atoms with Crippen LogP contribution in [0.1, 0.15) is 46.5 Å². The molecule has 0 bridgehead atoms. The first-order valence-corrected chi connectivity index (χ1v) is 5.45. The van der Waals surface area contributed by atoms with E-state index in [0.717, 1.165) is 17.9 Å². The van der Waals surface area contributed by atoms with Crippen LogP contribution in [-0.4, -0.2) is 12.6 Å². The quantitative estimate of drug-likeness (QED) is 0.685. The highest BCUT2D eigenvalue weighted by Gasteiger charge is 2.18. The van der Waals surface area contributed by atoms with Crippen LogP contribution in [0.25, 0.3) is 0 Å². The van der Waals surface area contributed by atoms with Crippen LogP contribution in [0.3, 0.4) is 0 Å². The fourth-order valence-electron chi connectivity index (χ4n) is 1.99. The lowest BCUT2D eigenvalue weighted by atomic mass is 9.87. The molecule has 72 valence electrons. The smallest absolute Gasteiger partial charge is 0.00389 e. The van der Waals surface area contributed by atoms with E-state index in [-0.39, 0.29) is 0 Å². The summed E-state index contributed by atoms with van der Waals surface area (Å²) in [4.78, 5) is 0. The predicted molar refractivity (Wildman–Crippen MR) is 54.3 cm³/mol. The Morgan fingerprint density at radius 1 is 1.42 bits per heavy atom. The normalized spacial score (nSPS) is 33.2. The van der Waals surface area contributed by atoms with Gasteiger partial charge in [0.1, 0.15) is 0 Å².